The first-order valence-electron chi connectivity index (χ1n) is 11.3. The number of carbonyl (C=O) groups excluding carboxylic acids is 1. The van der Waals surface area contributed by atoms with Gasteiger partial charge in [-0.25, -0.2) is 14.4 Å². The Kier molecular flexibility index (Phi) is 6.25. The fourth-order valence-corrected chi connectivity index (χ4v) is 4.34. The molecule has 34 heavy (non-hydrogen) atoms. The summed E-state index contributed by atoms with van der Waals surface area (Å²) in [6.45, 7) is 0.679. The molecule has 6 nitrogen and oxygen atoms in total. The SMILES string of the molecule is O=C(c1cccc(Nc2ncccn2)c1)N1CCCC1c1cccc(Cc2cccc(F)c2)n1. The number of carbonyl (C=O) groups is 1. The highest BCUT2D eigenvalue weighted by molar-refractivity contribution is 5.95. The third kappa shape index (κ3) is 4.93. The Morgan fingerprint density at radius 2 is 1.82 bits per heavy atom. The van der Waals surface area contributed by atoms with Gasteiger partial charge in [0.2, 0.25) is 5.95 Å². The Morgan fingerprint density at radius 3 is 2.68 bits per heavy atom. The normalized spacial score (nSPS) is 15.3. The minimum Gasteiger partial charge on any atom is -0.330 e. The first-order chi connectivity index (χ1) is 16.7. The van der Waals surface area contributed by atoms with E-state index in [0.29, 0.717) is 24.5 Å². The number of aromatic nitrogens is 3. The molecular formula is C27H24FN5O. The predicted octanol–water partition coefficient (Wildman–Crippen LogP) is 5.32. The standard InChI is InChI=1S/C27H24FN5O/c28-21-8-1-6-19(16-21)17-22-10-3-11-24(31-22)25-12-4-15-33(25)26(34)20-7-2-9-23(18-20)32-27-29-13-5-14-30-27/h1-3,5-11,13-14,16,18,25H,4,12,15,17H2,(H,29,30,32). The van der Waals surface area contributed by atoms with Crippen molar-refractivity contribution in [1.82, 2.24) is 19.9 Å². The molecule has 1 amide bonds. The molecule has 1 aliphatic heterocycles. The molecule has 2 aromatic carbocycles. The fraction of sp³-hybridized carbons (Fsp3) is 0.185. The lowest BCUT2D eigenvalue weighted by atomic mass is 10.1. The molecular weight excluding hydrogens is 429 g/mol. The Bertz CT molecular complexity index is 1300. The number of amides is 1. The summed E-state index contributed by atoms with van der Waals surface area (Å²) in [6.07, 6.45) is 5.64. The van der Waals surface area contributed by atoms with Crippen molar-refractivity contribution in [2.75, 3.05) is 11.9 Å². The molecule has 1 fully saturated rings. The van der Waals surface area contributed by atoms with Gasteiger partial charge in [0.05, 0.1) is 11.7 Å². The molecule has 0 aliphatic carbocycles. The van der Waals surface area contributed by atoms with Crippen LogP contribution in [0, 0.1) is 5.82 Å². The maximum Gasteiger partial charge on any atom is 0.254 e. The number of hydrogen-bond acceptors (Lipinski definition) is 5. The van der Waals surface area contributed by atoms with Crippen LogP contribution >= 0.6 is 0 Å². The lowest BCUT2D eigenvalue weighted by Gasteiger charge is -2.25. The highest BCUT2D eigenvalue weighted by Gasteiger charge is 2.31. The number of halogens is 1. The number of benzene rings is 2. The maximum absolute atomic E-state index is 13.6. The van der Waals surface area contributed by atoms with E-state index in [1.54, 1.807) is 24.5 Å². The number of nitrogens with zero attached hydrogens (tertiary/aromatic N) is 4. The second kappa shape index (κ2) is 9.79. The fourth-order valence-electron chi connectivity index (χ4n) is 4.34. The van der Waals surface area contributed by atoms with Crippen molar-refractivity contribution < 1.29 is 9.18 Å². The van der Waals surface area contributed by atoms with Crippen LogP contribution in [0.2, 0.25) is 0 Å². The van der Waals surface area contributed by atoms with Gasteiger partial charge in [0.15, 0.2) is 0 Å². The molecule has 5 rings (SSSR count). The molecule has 1 saturated heterocycles. The third-order valence-corrected chi connectivity index (χ3v) is 5.89. The van der Waals surface area contributed by atoms with E-state index in [1.165, 1.54) is 12.1 Å². The van der Waals surface area contributed by atoms with Crippen molar-refractivity contribution in [1.29, 1.82) is 0 Å². The molecule has 1 unspecified atom stereocenters. The number of likely N-dealkylation sites (tertiary alicyclic amines) is 1. The van der Waals surface area contributed by atoms with Crippen LogP contribution in [0.25, 0.3) is 0 Å². The summed E-state index contributed by atoms with van der Waals surface area (Å²) in [5.74, 6) is 0.194. The highest BCUT2D eigenvalue weighted by atomic mass is 19.1. The molecule has 1 aliphatic rings. The first-order valence-corrected chi connectivity index (χ1v) is 11.3. The van der Waals surface area contributed by atoms with Crippen LogP contribution < -0.4 is 5.32 Å². The Labute approximate surface area is 197 Å². The molecule has 0 saturated carbocycles. The number of hydrogen-bond donors (Lipinski definition) is 1. The van der Waals surface area contributed by atoms with Gasteiger partial charge in [0.1, 0.15) is 5.82 Å². The van der Waals surface area contributed by atoms with E-state index < -0.39 is 0 Å². The van der Waals surface area contributed by atoms with Crippen molar-refractivity contribution in [2.45, 2.75) is 25.3 Å². The van der Waals surface area contributed by atoms with Crippen LogP contribution in [-0.2, 0) is 6.42 Å². The smallest absolute Gasteiger partial charge is 0.254 e. The van der Waals surface area contributed by atoms with Crippen molar-refractivity contribution in [3.8, 4) is 0 Å². The third-order valence-electron chi connectivity index (χ3n) is 5.89. The molecule has 1 N–H and O–H groups in total. The van der Waals surface area contributed by atoms with Gasteiger partial charge < -0.3 is 10.2 Å². The average molecular weight is 454 g/mol. The molecule has 0 spiro atoms. The molecule has 170 valence electrons. The van der Waals surface area contributed by atoms with Crippen molar-refractivity contribution in [3.05, 3.63) is 114 Å². The second-order valence-corrected chi connectivity index (χ2v) is 8.30. The van der Waals surface area contributed by atoms with E-state index in [2.05, 4.69) is 15.3 Å². The Morgan fingerprint density at radius 1 is 1.00 bits per heavy atom. The van der Waals surface area contributed by atoms with Crippen LogP contribution in [0.4, 0.5) is 16.0 Å². The summed E-state index contributed by atoms with van der Waals surface area (Å²) in [5, 5.41) is 3.14. The van der Waals surface area contributed by atoms with Crippen molar-refractivity contribution in [2.24, 2.45) is 0 Å². The summed E-state index contributed by atoms with van der Waals surface area (Å²) in [4.78, 5) is 28.5. The summed E-state index contributed by atoms with van der Waals surface area (Å²) in [7, 11) is 0. The topological polar surface area (TPSA) is 71.0 Å². The monoisotopic (exact) mass is 453 g/mol. The zero-order valence-corrected chi connectivity index (χ0v) is 18.6. The van der Waals surface area contributed by atoms with Gasteiger partial charge >= 0.3 is 0 Å². The Hall–Kier alpha value is -4.13. The van der Waals surface area contributed by atoms with Crippen LogP contribution in [0.5, 0.6) is 0 Å². The molecule has 2 aromatic heterocycles. The number of anilines is 2. The molecule has 0 bridgehead atoms. The van der Waals surface area contributed by atoms with Gasteiger partial charge in [-0.1, -0.05) is 24.3 Å². The Balaban J connectivity index is 1.34. The minimum absolute atomic E-state index is 0.0301. The van der Waals surface area contributed by atoms with Gasteiger partial charge in [-0.3, -0.25) is 9.78 Å². The summed E-state index contributed by atoms with van der Waals surface area (Å²) < 4.78 is 13.6. The van der Waals surface area contributed by atoms with E-state index in [-0.39, 0.29) is 17.8 Å². The van der Waals surface area contributed by atoms with Crippen LogP contribution in [0.3, 0.4) is 0 Å². The maximum atomic E-state index is 13.6. The van der Waals surface area contributed by atoms with Gasteiger partial charge in [-0.15, -0.1) is 0 Å². The van der Waals surface area contributed by atoms with Gasteiger partial charge in [-0.2, -0.15) is 0 Å². The summed E-state index contributed by atoms with van der Waals surface area (Å²) >= 11 is 0. The van der Waals surface area contributed by atoms with Gasteiger partial charge in [-0.05, 0) is 66.9 Å². The van der Waals surface area contributed by atoms with Gasteiger partial charge in [0.25, 0.3) is 5.91 Å². The molecule has 7 heteroatoms. The summed E-state index contributed by atoms with van der Waals surface area (Å²) in [6, 6.07) is 21.5. The average Bonchev–Trinajstić information content (AvgIpc) is 3.35. The molecule has 4 aromatic rings. The van der Waals surface area contributed by atoms with Crippen LogP contribution in [0.15, 0.2) is 85.2 Å². The largest absolute Gasteiger partial charge is 0.330 e. The second-order valence-electron chi connectivity index (χ2n) is 8.30. The number of nitrogens with one attached hydrogen (secondary N) is 1. The van der Waals surface area contributed by atoms with Crippen LogP contribution in [0.1, 0.15) is 46.2 Å². The highest BCUT2D eigenvalue weighted by Crippen LogP contribution is 2.33. The predicted molar refractivity (Wildman–Crippen MR) is 128 cm³/mol. The molecule has 0 radical (unpaired) electrons. The lowest BCUT2D eigenvalue weighted by molar-refractivity contribution is 0.0733. The first kappa shape index (κ1) is 21.7. The van der Waals surface area contributed by atoms with Gasteiger partial charge in [0, 0.05) is 42.3 Å². The zero-order chi connectivity index (χ0) is 23.3. The van der Waals surface area contributed by atoms with E-state index in [9.17, 15) is 9.18 Å². The minimum atomic E-state index is -0.253. The zero-order valence-electron chi connectivity index (χ0n) is 18.6. The van der Waals surface area contributed by atoms with Crippen molar-refractivity contribution in [3.63, 3.8) is 0 Å². The summed E-state index contributed by atoms with van der Waals surface area (Å²) in [5.41, 5.74) is 3.95. The molecule has 1 atom stereocenters. The molecule has 3 heterocycles. The van der Waals surface area contributed by atoms with E-state index in [1.807, 2.05) is 53.4 Å². The quantitative estimate of drug-likeness (QED) is 0.428. The van der Waals surface area contributed by atoms with E-state index in [4.69, 9.17) is 4.98 Å². The lowest BCUT2D eigenvalue weighted by Crippen LogP contribution is -2.31. The van der Waals surface area contributed by atoms with E-state index >= 15 is 0 Å². The number of pyridine rings is 1. The van der Waals surface area contributed by atoms with Crippen LogP contribution in [-0.4, -0.2) is 32.3 Å². The van der Waals surface area contributed by atoms with E-state index in [0.717, 1.165) is 35.5 Å². The van der Waals surface area contributed by atoms with Crippen molar-refractivity contribution >= 4 is 17.5 Å². The number of rotatable bonds is 6.